The molecule has 0 spiro atoms. The highest BCUT2D eigenvalue weighted by Gasteiger charge is 2.14. The van der Waals surface area contributed by atoms with Crippen molar-refractivity contribution in [3.05, 3.63) is 69.5 Å². The number of halogens is 1. The van der Waals surface area contributed by atoms with Gasteiger partial charge in [-0.05, 0) is 23.8 Å². The fraction of sp³-hybridized carbons (Fsp3) is 0.0714. The van der Waals surface area contributed by atoms with Gasteiger partial charge in [-0.3, -0.25) is 10.1 Å². The smallest absolute Gasteiger partial charge is 0.305 e. The predicted molar refractivity (Wildman–Crippen MR) is 68.5 cm³/mol. The van der Waals surface area contributed by atoms with E-state index >= 15 is 0 Å². The second kappa shape index (κ2) is 5.80. The first-order valence-electron chi connectivity index (χ1n) is 5.66. The number of nitro benzene ring substituents is 1. The zero-order valence-electron chi connectivity index (χ0n) is 10.2. The van der Waals surface area contributed by atoms with Gasteiger partial charge in [0.1, 0.15) is 12.4 Å². The van der Waals surface area contributed by atoms with Crippen molar-refractivity contribution in [3.8, 4) is 11.8 Å². The highest BCUT2D eigenvalue weighted by Crippen LogP contribution is 2.23. The van der Waals surface area contributed by atoms with E-state index in [1.807, 2.05) is 6.07 Å². The Kier molecular flexibility index (Phi) is 3.91. The predicted octanol–water partition coefficient (Wildman–Crippen LogP) is 3.18. The molecule has 0 saturated heterocycles. The number of ether oxygens (including phenoxy) is 1. The minimum absolute atomic E-state index is 0.183. The molecule has 0 N–H and O–H groups in total. The molecule has 2 rings (SSSR count). The summed E-state index contributed by atoms with van der Waals surface area (Å²) < 4.78 is 18.7. The molecule has 0 aliphatic heterocycles. The average molecular weight is 272 g/mol. The first kappa shape index (κ1) is 13.5. The second-order valence-corrected chi connectivity index (χ2v) is 3.97. The molecular weight excluding hydrogens is 263 g/mol. The molecule has 2 aromatic carbocycles. The number of nitrogens with zero attached hydrogens (tertiary/aromatic N) is 2. The molecule has 0 aromatic heterocycles. The van der Waals surface area contributed by atoms with Crippen LogP contribution in [0.3, 0.4) is 0 Å². The Bertz CT molecular complexity index is 678. The summed E-state index contributed by atoms with van der Waals surface area (Å²) in [7, 11) is 0. The molecule has 0 atom stereocenters. The lowest BCUT2D eigenvalue weighted by Gasteiger charge is -2.06. The molecule has 0 unspecified atom stereocenters. The first-order chi connectivity index (χ1) is 9.60. The molecule has 0 heterocycles. The van der Waals surface area contributed by atoms with E-state index in [1.165, 1.54) is 6.07 Å². The maximum atomic E-state index is 13.4. The molecule has 0 fully saturated rings. The van der Waals surface area contributed by atoms with Gasteiger partial charge in [0.15, 0.2) is 0 Å². The van der Waals surface area contributed by atoms with Crippen molar-refractivity contribution in [1.82, 2.24) is 0 Å². The first-order valence-corrected chi connectivity index (χ1v) is 5.66. The molecule has 2 aromatic rings. The molecule has 0 aliphatic rings. The molecule has 20 heavy (non-hydrogen) atoms. The minimum atomic E-state index is -0.938. The summed E-state index contributed by atoms with van der Waals surface area (Å²) in [6.07, 6.45) is 0. The van der Waals surface area contributed by atoms with Gasteiger partial charge in [-0.1, -0.05) is 12.1 Å². The van der Waals surface area contributed by atoms with Crippen LogP contribution in [0.5, 0.6) is 5.75 Å². The Morgan fingerprint density at radius 2 is 1.95 bits per heavy atom. The van der Waals surface area contributed by atoms with Gasteiger partial charge in [0.05, 0.1) is 16.6 Å². The van der Waals surface area contributed by atoms with Crippen molar-refractivity contribution >= 4 is 5.69 Å². The third kappa shape index (κ3) is 3.09. The van der Waals surface area contributed by atoms with Crippen LogP contribution in [0, 0.1) is 27.3 Å². The van der Waals surface area contributed by atoms with E-state index < -0.39 is 16.4 Å². The lowest BCUT2D eigenvalue weighted by molar-refractivity contribution is -0.387. The quantitative estimate of drug-likeness (QED) is 0.632. The van der Waals surface area contributed by atoms with Gasteiger partial charge in [-0.25, -0.2) is 0 Å². The molecular formula is C14H9FN2O3. The summed E-state index contributed by atoms with van der Waals surface area (Å²) in [5, 5.41) is 19.1. The van der Waals surface area contributed by atoms with Gasteiger partial charge in [0.25, 0.3) is 0 Å². The van der Waals surface area contributed by atoms with E-state index in [2.05, 4.69) is 0 Å². The fourth-order valence-electron chi connectivity index (χ4n) is 1.57. The summed E-state index contributed by atoms with van der Waals surface area (Å²) >= 11 is 0. The minimum Gasteiger partial charge on any atom is -0.489 e. The third-order valence-corrected chi connectivity index (χ3v) is 2.60. The molecule has 0 amide bonds. The van der Waals surface area contributed by atoms with Crippen molar-refractivity contribution in [2.75, 3.05) is 0 Å². The van der Waals surface area contributed by atoms with E-state index in [0.29, 0.717) is 5.56 Å². The maximum absolute atomic E-state index is 13.4. The normalized spacial score (nSPS) is 9.80. The largest absolute Gasteiger partial charge is 0.489 e. The highest BCUT2D eigenvalue weighted by molar-refractivity contribution is 5.38. The van der Waals surface area contributed by atoms with Crippen LogP contribution in [-0.4, -0.2) is 4.92 Å². The van der Waals surface area contributed by atoms with Crippen LogP contribution in [0.2, 0.25) is 0 Å². The molecule has 6 heteroatoms. The zero-order valence-corrected chi connectivity index (χ0v) is 10.2. The maximum Gasteiger partial charge on any atom is 0.305 e. The van der Waals surface area contributed by atoms with E-state index in [1.54, 1.807) is 24.3 Å². The van der Waals surface area contributed by atoms with Gasteiger partial charge < -0.3 is 4.74 Å². The summed E-state index contributed by atoms with van der Waals surface area (Å²) in [6, 6.07) is 12.1. The Morgan fingerprint density at radius 1 is 1.25 bits per heavy atom. The van der Waals surface area contributed by atoms with Crippen LogP contribution >= 0.6 is 0 Å². The lowest BCUT2D eigenvalue weighted by atomic mass is 10.1. The Hall–Kier alpha value is -2.94. The third-order valence-electron chi connectivity index (χ3n) is 2.60. The van der Waals surface area contributed by atoms with Crippen molar-refractivity contribution in [3.63, 3.8) is 0 Å². The van der Waals surface area contributed by atoms with Gasteiger partial charge >= 0.3 is 5.69 Å². The van der Waals surface area contributed by atoms with Crippen molar-refractivity contribution in [2.45, 2.75) is 6.61 Å². The molecule has 5 nitrogen and oxygen atoms in total. The number of rotatable bonds is 4. The molecule has 0 aliphatic carbocycles. The summed E-state index contributed by atoms with van der Waals surface area (Å²) in [6.45, 7) is 0.183. The van der Waals surface area contributed by atoms with Gasteiger partial charge in [0, 0.05) is 12.1 Å². The average Bonchev–Trinajstić information content (AvgIpc) is 2.45. The Morgan fingerprint density at radius 3 is 2.50 bits per heavy atom. The lowest BCUT2D eigenvalue weighted by Crippen LogP contribution is -1.97. The van der Waals surface area contributed by atoms with Crippen LogP contribution in [0.4, 0.5) is 10.1 Å². The van der Waals surface area contributed by atoms with Crippen molar-refractivity contribution in [2.24, 2.45) is 0 Å². The Balaban J connectivity index is 2.05. The molecule has 0 saturated carbocycles. The summed E-state index contributed by atoms with van der Waals surface area (Å²) in [4.78, 5) is 9.68. The number of hydrogen-bond donors (Lipinski definition) is 0. The topological polar surface area (TPSA) is 76.2 Å². The number of benzene rings is 2. The number of hydrogen-bond acceptors (Lipinski definition) is 4. The highest BCUT2D eigenvalue weighted by atomic mass is 19.1. The zero-order chi connectivity index (χ0) is 14.5. The van der Waals surface area contributed by atoms with Crippen LogP contribution < -0.4 is 4.74 Å². The van der Waals surface area contributed by atoms with Crippen LogP contribution in [0.1, 0.15) is 11.1 Å². The van der Waals surface area contributed by atoms with E-state index in [9.17, 15) is 14.5 Å². The molecule has 0 bridgehead atoms. The van der Waals surface area contributed by atoms with Crippen molar-refractivity contribution in [1.29, 1.82) is 5.26 Å². The number of nitriles is 1. The van der Waals surface area contributed by atoms with Gasteiger partial charge in [0.2, 0.25) is 5.82 Å². The molecule has 100 valence electrons. The summed E-state index contributed by atoms with van der Waals surface area (Å²) in [5.74, 6) is -0.732. The Labute approximate surface area is 114 Å². The van der Waals surface area contributed by atoms with Crippen LogP contribution in [-0.2, 0) is 6.61 Å². The van der Waals surface area contributed by atoms with Gasteiger partial charge in [-0.2, -0.15) is 9.65 Å². The fourth-order valence-corrected chi connectivity index (χ4v) is 1.57. The number of nitro groups is 1. The van der Waals surface area contributed by atoms with Crippen molar-refractivity contribution < 1.29 is 14.1 Å². The molecule has 0 radical (unpaired) electrons. The summed E-state index contributed by atoms with van der Waals surface area (Å²) in [5.41, 5.74) is 0.758. The monoisotopic (exact) mass is 272 g/mol. The van der Waals surface area contributed by atoms with E-state index in [0.717, 1.165) is 17.7 Å². The van der Waals surface area contributed by atoms with Gasteiger partial charge in [-0.15, -0.1) is 0 Å². The SMILES string of the molecule is N#Cc1ccc(COc2ccc([N+](=O)[O-])c(F)c2)cc1. The second-order valence-electron chi connectivity index (χ2n) is 3.97. The van der Waals surface area contributed by atoms with E-state index in [4.69, 9.17) is 10.00 Å². The van der Waals surface area contributed by atoms with Crippen LogP contribution in [0.15, 0.2) is 42.5 Å². The van der Waals surface area contributed by atoms with E-state index in [-0.39, 0.29) is 12.4 Å². The standard InChI is InChI=1S/C14H9FN2O3/c15-13-7-12(5-6-14(13)17(18)19)20-9-11-3-1-10(8-16)2-4-11/h1-7H,9H2. The van der Waals surface area contributed by atoms with Crippen LogP contribution in [0.25, 0.3) is 0 Å².